The SMILES string of the molecule is Cc1ccc(CN(C(=O)[C@H]2COCCO2)[C@@H]2CCc3ccccc32)cc1. The predicted molar refractivity (Wildman–Crippen MR) is 99.8 cm³/mol. The molecular weight excluding hydrogens is 326 g/mol. The van der Waals surface area contributed by atoms with Gasteiger partial charge in [-0.05, 0) is 36.5 Å². The summed E-state index contributed by atoms with van der Waals surface area (Å²) in [5.41, 5.74) is 4.98. The first-order chi connectivity index (χ1) is 12.7. The number of carbonyl (C=O) groups is 1. The second-order valence-corrected chi connectivity index (χ2v) is 7.14. The van der Waals surface area contributed by atoms with Gasteiger partial charge in [0.15, 0.2) is 6.10 Å². The smallest absolute Gasteiger partial charge is 0.254 e. The van der Waals surface area contributed by atoms with Gasteiger partial charge < -0.3 is 14.4 Å². The molecule has 0 aromatic heterocycles. The summed E-state index contributed by atoms with van der Waals surface area (Å²) in [6, 6.07) is 17.0. The fourth-order valence-electron chi connectivity index (χ4n) is 3.91. The van der Waals surface area contributed by atoms with Crippen molar-refractivity contribution in [1.29, 1.82) is 0 Å². The van der Waals surface area contributed by atoms with E-state index in [-0.39, 0.29) is 11.9 Å². The molecule has 4 nitrogen and oxygen atoms in total. The van der Waals surface area contributed by atoms with Gasteiger partial charge in [-0.3, -0.25) is 4.79 Å². The number of amides is 1. The zero-order valence-corrected chi connectivity index (χ0v) is 15.2. The molecule has 0 unspecified atom stereocenters. The van der Waals surface area contributed by atoms with Crippen LogP contribution in [0.3, 0.4) is 0 Å². The van der Waals surface area contributed by atoms with Crippen molar-refractivity contribution < 1.29 is 14.3 Å². The summed E-state index contributed by atoms with van der Waals surface area (Å²) < 4.78 is 11.2. The van der Waals surface area contributed by atoms with Crippen molar-refractivity contribution >= 4 is 5.91 Å². The average molecular weight is 351 g/mol. The zero-order chi connectivity index (χ0) is 17.9. The first-order valence-corrected chi connectivity index (χ1v) is 9.35. The second-order valence-electron chi connectivity index (χ2n) is 7.14. The molecule has 26 heavy (non-hydrogen) atoms. The van der Waals surface area contributed by atoms with E-state index in [4.69, 9.17) is 9.47 Å². The van der Waals surface area contributed by atoms with Crippen LogP contribution < -0.4 is 0 Å². The number of ether oxygens (including phenoxy) is 2. The summed E-state index contributed by atoms with van der Waals surface area (Å²) in [4.78, 5) is 15.3. The normalized spacial score (nSPS) is 22.0. The topological polar surface area (TPSA) is 38.8 Å². The molecule has 1 heterocycles. The molecule has 2 atom stereocenters. The van der Waals surface area contributed by atoms with Crippen LogP contribution >= 0.6 is 0 Å². The Morgan fingerprint density at radius 2 is 1.92 bits per heavy atom. The van der Waals surface area contributed by atoms with Crippen LogP contribution in [0.25, 0.3) is 0 Å². The van der Waals surface area contributed by atoms with E-state index in [9.17, 15) is 4.79 Å². The van der Waals surface area contributed by atoms with E-state index >= 15 is 0 Å². The number of aryl methyl sites for hydroxylation is 2. The second kappa shape index (κ2) is 7.60. The summed E-state index contributed by atoms with van der Waals surface area (Å²) in [7, 11) is 0. The van der Waals surface area contributed by atoms with E-state index in [1.54, 1.807) is 0 Å². The van der Waals surface area contributed by atoms with Crippen LogP contribution in [0, 0.1) is 6.92 Å². The van der Waals surface area contributed by atoms with Crippen LogP contribution in [0.15, 0.2) is 48.5 Å². The van der Waals surface area contributed by atoms with Crippen LogP contribution in [0.1, 0.15) is 34.7 Å². The summed E-state index contributed by atoms with van der Waals surface area (Å²) in [5.74, 6) is 0.0342. The maximum absolute atomic E-state index is 13.3. The highest BCUT2D eigenvalue weighted by molar-refractivity contribution is 5.82. The fourth-order valence-corrected chi connectivity index (χ4v) is 3.91. The van der Waals surface area contributed by atoms with E-state index in [1.807, 2.05) is 4.90 Å². The summed E-state index contributed by atoms with van der Waals surface area (Å²) in [6.45, 7) is 4.06. The van der Waals surface area contributed by atoms with Crippen molar-refractivity contribution in [1.82, 2.24) is 4.90 Å². The Morgan fingerprint density at radius 1 is 1.12 bits per heavy atom. The van der Waals surface area contributed by atoms with Crippen molar-refractivity contribution in [2.24, 2.45) is 0 Å². The summed E-state index contributed by atoms with van der Waals surface area (Å²) in [6.07, 6.45) is 1.48. The van der Waals surface area contributed by atoms with Crippen molar-refractivity contribution in [2.75, 3.05) is 19.8 Å². The number of hydrogen-bond donors (Lipinski definition) is 0. The van der Waals surface area contributed by atoms with Crippen LogP contribution in [-0.4, -0.2) is 36.7 Å². The van der Waals surface area contributed by atoms with Gasteiger partial charge in [0.25, 0.3) is 5.91 Å². The predicted octanol–water partition coefficient (Wildman–Crippen LogP) is 3.43. The summed E-state index contributed by atoms with van der Waals surface area (Å²) >= 11 is 0. The number of fused-ring (bicyclic) bond motifs is 1. The number of hydrogen-bond acceptors (Lipinski definition) is 3. The Kier molecular flexibility index (Phi) is 5.05. The third kappa shape index (κ3) is 3.53. The van der Waals surface area contributed by atoms with E-state index in [2.05, 4.69) is 55.5 Å². The first kappa shape index (κ1) is 17.3. The fraction of sp³-hybridized carbons (Fsp3) is 0.409. The van der Waals surface area contributed by atoms with Gasteiger partial charge in [-0.15, -0.1) is 0 Å². The maximum atomic E-state index is 13.3. The summed E-state index contributed by atoms with van der Waals surface area (Å²) in [5, 5.41) is 0. The van der Waals surface area contributed by atoms with Crippen LogP contribution in [0.5, 0.6) is 0 Å². The molecule has 0 radical (unpaired) electrons. The van der Waals surface area contributed by atoms with Crippen molar-refractivity contribution in [2.45, 2.75) is 38.5 Å². The molecular formula is C22H25NO3. The van der Waals surface area contributed by atoms with Gasteiger partial charge in [0.05, 0.1) is 25.9 Å². The molecule has 4 heteroatoms. The van der Waals surface area contributed by atoms with Crippen LogP contribution in [0.4, 0.5) is 0 Å². The lowest BCUT2D eigenvalue weighted by molar-refractivity contribution is -0.161. The minimum Gasteiger partial charge on any atom is -0.376 e. The minimum absolute atomic E-state index is 0.0342. The number of carbonyl (C=O) groups excluding carboxylic acids is 1. The number of nitrogens with zero attached hydrogens (tertiary/aromatic N) is 1. The molecule has 0 spiro atoms. The molecule has 2 aliphatic rings. The average Bonchev–Trinajstić information content (AvgIpc) is 3.12. The van der Waals surface area contributed by atoms with Gasteiger partial charge in [0.2, 0.25) is 0 Å². The molecule has 1 fully saturated rings. The number of benzene rings is 2. The van der Waals surface area contributed by atoms with E-state index in [1.165, 1.54) is 16.7 Å². The first-order valence-electron chi connectivity index (χ1n) is 9.35. The van der Waals surface area contributed by atoms with Crippen molar-refractivity contribution in [3.8, 4) is 0 Å². The highest BCUT2D eigenvalue weighted by atomic mass is 16.6. The molecule has 2 aromatic carbocycles. The van der Waals surface area contributed by atoms with Crippen molar-refractivity contribution in [3.63, 3.8) is 0 Å². The van der Waals surface area contributed by atoms with E-state index in [0.717, 1.165) is 18.4 Å². The molecule has 1 amide bonds. The zero-order valence-electron chi connectivity index (χ0n) is 15.2. The van der Waals surface area contributed by atoms with Gasteiger partial charge in [0, 0.05) is 6.54 Å². The van der Waals surface area contributed by atoms with Crippen LogP contribution in [0.2, 0.25) is 0 Å². The van der Waals surface area contributed by atoms with Gasteiger partial charge in [-0.1, -0.05) is 54.1 Å². The molecule has 0 saturated carbocycles. The van der Waals surface area contributed by atoms with E-state index < -0.39 is 6.10 Å². The maximum Gasteiger partial charge on any atom is 0.254 e. The molecule has 4 rings (SSSR count). The molecule has 1 aliphatic carbocycles. The van der Waals surface area contributed by atoms with Gasteiger partial charge >= 0.3 is 0 Å². The monoisotopic (exact) mass is 351 g/mol. The molecule has 0 N–H and O–H groups in total. The Labute approximate surface area is 154 Å². The van der Waals surface area contributed by atoms with Crippen LogP contribution in [-0.2, 0) is 27.2 Å². The van der Waals surface area contributed by atoms with Gasteiger partial charge in [-0.2, -0.15) is 0 Å². The third-order valence-electron chi connectivity index (χ3n) is 5.33. The Balaban J connectivity index is 1.62. The molecule has 1 aliphatic heterocycles. The van der Waals surface area contributed by atoms with E-state index in [0.29, 0.717) is 26.4 Å². The van der Waals surface area contributed by atoms with Gasteiger partial charge in [0.1, 0.15) is 0 Å². The lowest BCUT2D eigenvalue weighted by atomic mass is 10.0. The Bertz CT molecular complexity index is 765. The highest BCUT2D eigenvalue weighted by Crippen LogP contribution is 2.37. The quantitative estimate of drug-likeness (QED) is 0.847. The number of rotatable bonds is 4. The Morgan fingerprint density at radius 3 is 2.69 bits per heavy atom. The van der Waals surface area contributed by atoms with Gasteiger partial charge in [-0.25, -0.2) is 0 Å². The largest absolute Gasteiger partial charge is 0.376 e. The Hall–Kier alpha value is -2.17. The lowest BCUT2D eigenvalue weighted by Gasteiger charge is -2.34. The standard InChI is InChI=1S/C22H25NO3/c1-16-6-8-17(9-7-16)14-23(22(24)21-15-25-12-13-26-21)20-11-10-18-4-2-3-5-19(18)20/h2-9,20-21H,10-15H2,1H3/t20-,21-/m1/s1. The molecule has 1 saturated heterocycles. The third-order valence-corrected chi connectivity index (χ3v) is 5.33. The van der Waals surface area contributed by atoms with Crippen molar-refractivity contribution in [3.05, 3.63) is 70.8 Å². The lowest BCUT2D eigenvalue weighted by Crippen LogP contribution is -2.46. The highest BCUT2D eigenvalue weighted by Gasteiger charge is 2.35. The molecule has 2 aromatic rings. The molecule has 136 valence electrons. The molecule has 0 bridgehead atoms. The minimum atomic E-state index is -0.498.